The number of nitrogens with one attached hydrogen (secondary N) is 1. The zero-order valence-electron chi connectivity index (χ0n) is 14.7. The summed E-state index contributed by atoms with van der Waals surface area (Å²) in [6.45, 7) is 3.56. The Hall–Kier alpha value is -2.77. The van der Waals surface area contributed by atoms with Crippen LogP contribution in [0.1, 0.15) is 18.2 Å². The highest BCUT2D eigenvalue weighted by molar-refractivity contribution is 6.49. The molecule has 1 aromatic heterocycles. The minimum absolute atomic E-state index is 0.242. The number of hydrazone groups is 1. The van der Waals surface area contributed by atoms with Crippen molar-refractivity contribution in [1.29, 1.82) is 0 Å². The second-order valence-corrected chi connectivity index (χ2v) is 6.28. The van der Waals surface area contributed by atoms with E-state index in [-0.39, 0.29) is 5.95 Å². The molecule has 1 atom stereocenters. The fourth-order valence-electron chi connectivity index (χ4n) is 2.18. The highest BCUT2D eigenvalue weighted by atomic mass is 35.5. The third-order valence-corrected chi connectivity index (χ3v) is 4.37. The molecule has 0 radical (unpaired) electrons. The maximum atomic E-state index is 10.8. The summed E-state index contributed by atoms with van der Waals surface area (Å²) < 4.78 is 0. The van der Waals surface area contributed by atoms with Gasteiger partial charge in [0, 0.05) is 11.9 Å². The van der Waals surface area contributed by atoms with Crippen LogP contribution in [0.5, 0.6) is 0 Å². The predicted octanol–water partition coefficient (Wildman–Crippen LogP) is 3.33. The molecule has 0 saturated heterocycles. The van der Waals surface area contributed by atoms with Crippen molar-refractivity contribution >= 4 is 53.1 Å². The first-order valence-corrected chi connectivity index (χ1v) is 8.70. The van der Waals surface area contributed by atoms with Gasteiger partial charge in [0.15, 0.2) is 0 Å². The molecule has 0 aliphatic rings. The van der Waals surface area contributed by atoms with E-state index in [1.54, 1.807) is 49.5 Å². The van der Waals surface area contributed by atoms with E-state index in [1.165, 1.54) is 0 Å². The molecule has 0 aliphatic carbocycles. The average Bonchev–Trinajstić information content (AvgIpc) is 2.63. The molecule has 1 amide bonds. The summed E-state index contributed by atoms with van der Waals surface area (Å²) in [5.74, 6) is 5.78. The summed E-state index contributed by atoms with van der Waals surface area (Å²) in [7, 11) is 0. The highest BCUT2D eigenvalue weighted by Crippen LogP contribution is 2.26. The Morgan fingerprint density at radius 1 is 1.33 bits per heavy atom. The van der Waals surface area contributed by atoms with Crippen molar-refractivity contribution in [1.82, 2.24) is 15.3 Å². The highest BCUT2D eigenvalue weighted by Gasteiger charge is 2.16. The normalized spacial score (nSPS) is 13.6. The largest absolute Gasteiger partial charge is 0.350 e. The van der Waals surface area contributed by atoms with E-state index < -0.39 is 6.04 Å². The van der Waals surface area contributed by atoms with E-state index in [0.717, 1.165) is 5.69 Å². The smallest absolute Gasteiger partial charge is 0.250 e. The maximum absolute atomic E-state index is 10.8. The monoisotopic (exact) mass is 404 g/mol. The molecule has 7 nitrogen and oxygen atoms in total. The number of benzene rings is 1. The van der Waals surface area contributed by atoms with Crippen molar-refractivity contribution < 1.29 is 4.79 Å². The van der Waals surface area contributed by atoms with Crippen LogP contribution in [0, 0.1) is 6.92 Å². The molecule has 1 unspecified atom stereocenters. The Bertz CT molecular complexity index is 910. The number of aromatic nitrogens is 2. The van der Waals surface area contributed by atoms with Crippen LogP contribution >= 0.6 is 23.2 Å². The van der Waals surface area contributed by atoms with Gasteiger partial charge >= 0.3 is 0 Å². The molecule has 2 aromatic rings. The second-order valence-electron chi connectivity index (χ2n) is 5.49. The van der Waals surface area contributed by atoms with E-state index in [1.807, 2.05) is 6.92 Å². The van der Waals surface area contributed by atoms with Crippen molar-refractivity contribution in [3.05, 3.63) is 57.8 Å². The molecule has 27 heavy (non-hydrogen) atoms. The molecule has 0 fully saturated rings. The Labute approximate surface area is 167 Å². The number of allylic oxidation sites excluding steroid dienone is 1. The number of halogens is 2. The number of rotatable bonds is 7. The van der Waals surface area contributed by atoms with Crippen LogP contribution in [0.25, 0.3) is 6.08 Å². The van der Waals surface area contributed by atoms with Crippen LogP contribution in [-0.2, 0) is 4.79 Å². The fraction of sp³-hybridized carbons (Fsp3) is 0.167. The first-order chi connectivity index (χ1) is 13.0. The van der Waals surface area contributed by atoms with Gasteiger partial charge in [-0.25, -0.2) is 15.0 Å². The Balaban J connectivity index is 2.50. The first-order valence-electron chi connectivity index (χ1n) is 7.94. The van der Waals surface area contributed by atoms with E-state index >= 15 is 0 Å². The third-order valence-electron chi connectivity index (χ3n) is 3.53. The Morgan fingerprint density at radius 2 is 2.11 bits per heavy atom. The van der Waals surface area contributed by atoms with Crippen LogP contribution in [0.3, 0.4) is 0 Å². The number of nitrogens with two attached hydrogens (primary N) is 1. The quantitative estimate of drug-likeness (QED) is 0.319. The number of aryl methyl sites for hydroxylation is 1. The van der Waals surface area contributed by atoms with Gasteiger partial charge in [-0.05, 0) is 37.6 Å². The van der Waals surface area contributed by atoms with Gasteiger partial charge in [-0.3, -0.25) is 4.79 Å². The molecule has 2 rings (SSSR count). The minimum Gasteiger partial charge on any atom is -0.350 e. The molecule has 0 spiro atoms. The lowest BCUT2D eigenvalue weighted by atomic mass is 10.1. The van der Waals surface area contributed by atoms with Crippen molar-refractivity contribution in [2.24, 2.45) is 15.9 Å². The number of amides is 1. The molecule has 0 aliphatic heterocycles. The number of hydrogen-bond acceptors (Lipinski definition) is 6. The zero-order valence-corrected chi connectivity index (χ0v) is 16.2. The van der Waals surface area contributed by atoms with E-state index in [4.69, 9.17) is 29.0 Å². The average molecular weight is 405 g/mol. The summed E-state index contributed by atoms with van der Waals surface area (Å²) in [5.41, 5.74) is 2.17. The van der Waals surface area contributed by atoms with Gasteiger partial charge in [-0.2, -0.15) is 5.10 Å². The number of hydrogen-bond donors (Lipinski definition) is 2. The molecule has 1 aromatic carbocycles. The van der Waals surface area contributed by atoms with Gasteiger partial charge in [-0.1, -0.05) is 41.4 Å². The Kier molecular flexibility index (Phi) is 7.45. The maximum Gasteiger partial charge on any atom is 0.250 e. The predicted molar refractivity (Wildman–Crippen MR) is 110 cm³/mol. The van der Waals surface area contributed by atoms with Gasteiger partial charge in [0.25, 0.3) is 0 Å². The van der Waals surface area contributed by atoms with Crippen LogP contribution in [0.15, 0.2) is 46.6 Å². The van der Waals surface area contributed by atoms with Crippen LogP contribution in [0.4, 0.5) is 5.95 Å². The summed E-state index contributed by atoms with van der Waals surface area (Å²) >= 11 is 12.3. The van der Waals surface area contributed by atoms with Crippen molar-refractivity contribution in [2.45, 2.75) is 19.9 Å². The standard InChI is InChI=1S/C18H18Cl2N6O/c1-11-8-9-22-18(24-11)25-15(17(26-21)12(2)23-10-27)7-6-13-4-3-5-14(19)16(13)20/h3-10,12H,21H2,1-2H3,(H,23,27)/b7-6-,25-15?,26-17?. The molecule has 140 valence electrons. The van der Waals surface area contributed by atoms with Crippen LogP contribution in [0.2, 0.25) is 10.0 Å². The molecule has 9 heteroatoms. The molecular weight excluding hydrogens is 387 g/mol. The number of aliphatic imine (C=N–C) groups is 1. The van der Waals surface area contributed by atoms with Crippen molar-refractivity contribution in [3.8, 4) is 0 Å². The summed E-state index contributed by atoms with van der Waals surface area (Å²) in [6, 6.07) is 6.56. The summed E-state index contributed by atoms with van der Waals surface area (Å²) in [6.07, 6.45) is 5.55. The topological polar surface area (TPSA) is 106 Å². The Morgan fingerprint density at radius 3 is 2.78 bits per heavy atom. The fourth-order valence-corrected chi connectivity index (χ4v) is 2.55. The summed E-state index contributed by atoms with van der Waals surface area (Å²) in [5, 5.41) is 7.22. The third kappa shape index (κ3) is 5.60. The van der Waals surface area contributed by atoms with Crippen molar-refractivity contribution in [2.75, 3.05) is 0 Å². The summed E-state index contributed by atoms with van der Waals surface area (Å²) in [4.78, 5) is 23.6. The van der Waals surface area contributed by atoms with E-state index in [2.05, 4.69) is 25.4 Å². The number of carbonyl (C=O) groups is 1. The number of nitrogens with zero attached hydrogens (tertiary/aromatic N) is 4. The SMILES string of the molecule is Cc1ccnc(N=C(/C=C\c2cccc(Cl)c2Cl)C(=NN)C(C)NC=O)n1. The molecule has 1 heterocycles. The number of carbonyl (C=O) groups excluding carboxylic acids is 1. The molecule has 3 N–H and O–H groups in total. The van der Waals surface area contributed by atoms with Gasteiger partial charge < -0.3 is 11.2 Å². The molecular formula is C18H18Cl2N6O. The lowest BCUT2D eigenvalue weighted by molar-refractivity contribution is -0.109. The van der Waals surface area contributed by atoms with Gasteiger partial charge in [-0.15, -0.1) is 0 Å². The second kappa shape index (κ2) is 9.80. The lowest BCUT2D eigenvalue weighted by Crippen LogP contribution is -2.38. The zero-order chi connectivity index (χ0) is 19.8. The first kappa shape index (κ1) is 20.5. The van der Waals surface area contributed by atoms with E-state index in [0.29, 0.717) is 33.4 Å². The van der Waals surface area contributed by atoms with Crippen molar-refractivity contribution in [3.63, 3.8) is 0 Å². The van der Waals surface area contributed by atoms with Gasteiger partial charge in [0.2, 0.25) is 12.4 Å². The lowest BCUT2D eigenvalue weighted by Gasteiger charge is -2.13. The van der Waals surface area contributed by atoms with Gasteiger partial charge in [0.05, 0.1) is 21.8 Å². The van der Waals surface area contributed by atoms with Crippen LogP contribution < -0.4 is 11.2 Å². The minimum atomic E-state index is -0.476. The van der Waals surface area contributed by atoms with Gasteiger partial charge in [0.1, 0.15) is 5.71 Å². The molecule has 0 saturated carbocycles. The van der Waals surface area contributed by atoms with E-state index in [9.17, 15) is 4.79 Å². The molecule has 0 bridgehead atoms. The van der Waals surface area contributed by atoms with Crippen LogP contribution in [-0.4, -0.2) is 33.8 Å².